The van der Waals surface area contributed by atoms with E-state index in [1.54, 1.807) is 54.5 Å². The maximum Gasteiger partial charge on any atom is 0.416 e. The Morgan fingerprint density at radius 1 is 1.00 bits per heavy atom. The smallest absolute Gasteiger partial charge is 0.416 e. The van der Waals surface area contributed by atoms with Crippen molar-refractivity contribution >= 4 is 23.2 Å². The van der Waals surface area contributed by atoms with Gasteiger partial charge in [0.15, 0.2) is 11.5 Å². The van der Waals surface area contributed by atoms with Gasteiger partial charge in [0, 0.05) is 23.9 Å². The highest BCUT2D eigenvalue weighted by Gasteiger charge is 2.42. The number of carbonyl (C=O) groups excluding carboxylic acids is 2. The second-order valence-electron chi connectivity index (χ2n) is 8.73. The molecule has 3 aromatic carbocycles. The Morgan fingerprint density at radius 2 is 1.70 bits per heavy atom. The van der Waals surface area contributed by atoms with E-state index in [9.17, 15) is 22.8 Å². The Morgan fingerprint density at radius 3 is 2.38 bits per heavy atom. The van der Waals surface area contributed by atoms with Gasteiger partial charge in [0.1, 0.15) is 5.75 Å². The van der Waals surface area contributed by atoms with E-state index < -0.39 is 29.6 Å². The van der Waals surface area contributed by atoms with Crippen molar-refractivity contribution in [1.29, 1.82) is 0 Å². The number of benzene rings is 3. The van der Waals surface area contributed by atoms with Crippen LogP contribution >= 0.6 is 0 Å². The van der Waals surface area contributed by atoms with Crippen LogP contribution in [0.15, 0.2) is 66.7 Å². The van der Waals surface area contributed by atoms with Crippen molar-refractivity contribution in [1.82, 2.24) is 0 Å². The molecule has 0 aliphatic carbocycles. The van der Waals surface area contributed by atoms with Crippen LogP contribution in [0.4, 0.5) is 24.5 Å². The number of ether oxygens (including phenoxy) is 3. The molecule has 0 unspecified atom stereocenters. The topological polar surface area (TPSA) is 77.1 Å². The van der Waals surface area contributed by atoms with Gasteiger partial charge in [-0.25, -0.2) is 0 Å². The Bertz CT molecular complexity index is 1310. The minimum atomic E-state index is -4.48. The van der Waals surface area contributed by atoms with Gasteiger partial charge in [-0.15, -0.1) is 0 Å². The molecule has 1 saturated heterocycles. The van der Waals surface area contributed by atoms with Crippen LogP contribution < -0.4 is 24.4 Å². The van der Waals surface area contributed by atoms with Crippen LogP contribution in [0, 0.1) is 5.92 Å². The average molecular weight is 512 g/mol. The van der Waals surface area contributed by atoms with E-state index in [0.717, 1.165) is 12.1 Å². The summed E-state index contributed by atoms with van der Waals surface area (Å²) in [5, 5.41) is 2.73. The van der Waals surface area contributed by atoms with Gasteiger partial charge in [-0.3, -0.25) is 9.59 Å². The maximum atomic E-state index is 13.5. The third-order valence-electron chi connectivity index (χ3n) is 6.51. The largest absolute Gasteiger partial charge is 0.497 e. The molecule has 0 spiro atoms. The highest BCUT2D eigenvalue weighted by Crippen LogP contribution is 2.44. The monoisotopic (exact) mass is 512 g/mol. The second-order valence-corrected chi connectivity index (χ2v) is 8.73. The lowest BCUT2D eigenvalue weighted by Crippen LogP contribution is -2.47. The molecule has 3 aromatic rings. The number of hydrogen-bond donors (Lipinski definition) is 1. The molecule has 2 heterocycles. The molecule has 0 radical (unpaired) electrons. The molecule has 5 rings (SSSR count). The molecular formula is C27H23F3N2O5. The molecule has 192 valence electrons. The summed E-state index contributed by atoms with van der Waals surface area (Å²) in [6.45, 7) is 0.0762. The lowest BCUT2D eigenvalue weighted by atomic mass is 9.83. The van der Waals surface area contributed by atoms with Crippen LogP contribution in [-0.2, 0) is 15.8 Å². The lowest BCUT2D eigenvalue weighted by Gasteiger charge is -2.41. The molecule has 37 heavy (non-hydrogen) atoms. The summed E-state index contributed by atoms with van der Waals surface area (Å²) in [7, 11) is 1.54. The molecule has 7 nitrogen and oxygen atoms in total. The standard InChI is InChI=1S/C27H23F3N2O5/c1-35-20-9-2-16(3-10-20)25-21(26(34)31-18-6-4-17(5-7-18)27(28,29)30)11-13-24(33)32(25)19-8-12-22-23(14-19)37-15-36-22/h2-10,12,14,21,25H,11,13,15H2,1H3,(H,31,34)/t21-,25-/m0/s1. The van der Waals surface area contributed by atoms with E-state index in [0.29, 0.717) is 28.5 Å². The van der Waals surface area contributed by atoms with Gasteiger partial charge in [-0.05, 0) is 60.5 Å². The fraction of sp³-hybridized carbons (Fsp3) is 0.259. The molecule has 2 aliphatic heterocycles. The molecule has 2 atom stereocenters. The fourth-order valence-electron chi connectivity index (χ4n) is 4.67. The highest BCUT2D eigenvalue weighted by molar-refractivity contribution is 6.00. The van der Waals surface area contributed by atoms with E-state index >= 15 is 0 Å². The zero-order valence-electron chi connectivity index (χ0n) is 19.7. The van der Waals surface area contributed by atoms with E-state index in [2.05, 4.69) is 5.32 Å². The van der Waals surface area contributed by atoms with Crippen molar-refractivity contribution in [2.24, 2.45) is 5.92 Å². The molecule has 0 saturated carbocycles. The van der Waals surface area contributed by atoms with Gasteiger partial charge in [-0.1, -0.05) is 12.1 Å². The number of piperidine rings is 1. The summed E-state index contributed by atoms with van der Waals surface area (Å²) in [5.41, 5.74) is 0.679. The number of amides is 2. The van der Waals surface area contributed by atoms with E-state index in [1.165, 1.54) is 12.1 Å². The van der Waals surface area contributed by atoms with Gasteiger partial charge >= 0.3 is 6.18 Å². The van der Waals surface area contributed by atoms with Crippen molar-refractivity contribution in [2.45, 2.75) is 25.1 Å². The molecule has 2 amide bonds. The first-order chi connectivity index (χ1) is 17.7. The summed E-state index contributed by atoms with van der Waals surface area (Å²) in [4.78, 5) is 28.3. The Labute approximate surface area is 210 Å². The molecule has 1 fully saturated rings. The quantitative estimate of drug-likeness (QED) is 0.484. The summed E-state index contributed by atoms with van der Waals surface area (Å²) in [5.74, 6) is 0.420. The van der Waals surface area contributed by atoms with Gasteiger partial charge in [0.25, 0.3) is 0 Å². The number of anilines is 2. The third-order valence-corrected chi connectivity index (χ3v) is 6.51. The molecule has 2 aliphatic rings. The van der Waals surface area contributed by atoms with Crippen LogP contribution in [0.3, 0.4) is 0 Å². The zero-order chi connectivity index (χ0) is 26.2. The average Bonchev–Trinajstić information content (AvgIpc) is 3.36. The van der Waals surface area contributed by atoms with Crippen molar-refractivity contribution in [3.8, 4) is 17.2 Å². The summed E-state index contributed by atoms with van der Waals surface area (Å²) < 4.78 is 54.9. The summed E-state index contributed by atoms with van der Waals surface area (Å²) >= 11 is 0. The SMILES string of the molecule is COc1ccc([C@H]2[C@@H](C(=O)Nc3ccc(C(F)(F)F)cc3)CCC(=O)N2c2ccc3c(c2)OCO3)cc1. The van der Waals surface area contributed by atoms with Gasteiger partial charge in [-0.2, -0.15) is 13.2 Å². The molecule has 0 bridgehead atoms. The van der Waals surface area contributed by atoms with Crippen LogP contribution in [0.5, 0.6) is 17.2 Å². The fourth-order valence-corrected chi connectivity index (χ4v) is 4.67. The number of nitrogens with zero attached hydrogens (tertiary/aromatic N) is 1. The number of halogens is 3. The highest BCUT2D eigenvalue weighted by atomic mass is 19.4. The van der Waals surface area contributed by atoms with Gasteiger partial charge in [0.2, 0.25) is 18.6 Å². The number of methoxy groups -OCH3 is 1. The van der Waals surface area contributed by atoms with Crippen LogP contribution in [0.25, 0.3) is 0 Å². The Kier molecular flexibility index (Phi) is 6.41. The number of carbonyl (C=O) groups is 2. The summed E-state index contributed by atoms with van der Waals surface area (Å²) in [6, 6.07) is 15.8. The normalized spacial score (nSPS) is 19.0. The van der Waals surface area contributed by atoms with Crippen LogP contribution in [0.1, 0.15) is 30.0 Å². The van der Waals surface area contributed by atoms with E-state index in [1.807, 2.05) is 0 Å². The minimum Gasteiger partial charge on any atom is -0.497 e. The maximum absolute atomic E-state index is 13.5. The summed E-state index contributed by atoms with van der Waals surface area (Å²) in [6.07, 6.45) is -4.09. The molecule has 0 aromatic heterocycles. The number of nitrogens with one attached hydrogen (secondary N) is 1. The number of fused-ring (bicyclic) bond motifs is 1. The second kappa shape index (κ2) is 9.68. The number of hydrogen-bond acceptors (Lipinski definition) is 5. The zero-order valence-corrected chi connectivity index (χ0v) is 19.7. The molecule has 1 N–H and O–H groups in total. The molecular weight excluding hydrogens is 489 g/mol. The third kappa shape index (κ3) is 4.91. The minimum absolute atomic E-state index is 0.0762. The Hall–Kier alpha value is -4.21. The lowest BCUT2D eigenvalue weighted by molar-refractivity contribution is -0.137. The predicted octanol–water partition coefficient (Wildman–Crippen LogP) is 5.57. The van der Waals surface area contributed by atoms with E-state index in [4.69, 9.17) is 14.2 Å². The van der Waals surface area contributed by atoms with Gasteiger partial charge < -0.3 is 24.4 Å². The van der Waals surface area contributed by atoms with Crippen molar-refractivity contribution in [2.75, 3.05) is 24.1 Å². The molecule has 10 heteroatoms. The van der Waals surface area contributed by atoms with E-state index in [-0.39, 0.29) is 31.2 Å². The van der Waals surface area contributed by atoms with Crippen LogP contribution in [0.2, 0.25) is 0 Å². The Balaban J connectivity index is 1.49. The number of rotatable bonds is 5. The first-order valence-electron chi connectivity index (χ1n) is 11.6. The first-order valence-corrected chi connectivity index (χ1v) is 11.6. The number of alkyl halides is 3. The first kappa shape index (κ1) is 24.5. The van der Waals surface area contributed by atoms with Gasteiger partial charge in [0.05, 0.1) is 24.6 Å². The van der Waals surface area contributed by atoms with Crippen molar-refractivity contribution < 1.29 is 37.0 Å². The predicted molar refractivity (Wildman–Crippen MR) is 129 cm³/mol. The van der Waals surface area contributed by atoms with Crippen molar-refractivity contribution in [3.05, 3.63) is 77.9 Å². The van der Waals surface area contributed by atoms with Crippen LogP contribution in [-0.4, -0.2) is 25.7 Å². The van der Waals surface area contributed by atoms with Crippen molar-refractivity contribution in [3.63, 3.8) is 0 Å².